The van der Waals surface area contributed by atoms with Crippen LogP contribution in [-0.2, 0) is 4.79 Å². The molecule has 1 unspecified atom stereocenters. The van der Waals surface area contributed by atoms with Gasteiger partial charge in [0.2, 0.25) is 5.91 Å². The molecular formula is C14H17N5O. The zero-order valence-electron chi connectivity index (χ0n) is 11.1. The van der Waals surface area contributed by atoms with Crippen LogP contribution in [0.1, 0.15) is 19.3 Å². The summed E-state index contributed by atoms with van der Waals surface area (Å²) in [5, 5.41) is 13.8. The van der Waals surface area contributed by atoms with Crippen LogP contribution in [0.15, 0.2) is 36.9 Å². The number of amides is 1. The minimum Gasteiger partial charge on any atom is -0.325 e. The zero-order chi connectivity index (χ0) is 13.8. The number of hydrogen-bond donors (Lipinski definition) is 2. The Balaban J connectivity index is 1.71. The highest BCUT2D eigenvalue weighted by atomic mass is 16.2. The average Bonchev–Trinajstić information content (AvgIpc) is 3.03. The normalized spacial score (nSPS) is 18.7. The van der Waals surface area contributed by atoms with E-state index in [9.17, 15) is 4.79 Å². The fourth-order valence-corrected chi connectivity index (χ4v) is 2.38. The number of nitrogens with zero attached hydrogens (tertiary/aromatic N) is 3. The fourth-order valence-electron chi connectivity index (χ4n) is 2.38. The molecule has 6 heteroatoms. The van der Waals surface area contributed by atoms with Gasteiger partial charge in [0.1, 0.15) is 12.7 Å². The van der Waals surface area contributed by atoms with Crippen LogP contribution in [0.4, 0.5) is 5.69 Å². The van der Waals surface area contributed by atoms with Gasteiger partial charge in [-0.05, 0) is 37.6 Å². The van der Waals surface area contributed by atoms with E-state index in [2.05, 4.69) is 20.8 Å². The molecule has 0 radical (unpaired) electrons. The van der Waals surface area contributed by atoms with Crippen molar-refractivity contribution in [1.82, 2.24) is 20.1 Å². The van der Waals surface area contributed by atoms with Crippen molar-refractivity contribution in [3.63, 3.8) is 0 Å². The SMILES string of the molecule is O=C(Nc1cccc(-n2cnnc2)c1)C1CCCCN1. The molecule has 2 heterocycles. The monoisotopic (exact) mass is 271 g/mol. The summed E-state index contributed by atoms with van der Waals surface area (Å²) < 4.78 is 1.80. The molecule has 1 aliphatic heterocycles. The van der Waals surface area contributed by atoms with Crippen LogP contribution >= 0.6 is 0 Å². The lowest BCUT2D eigenvalue weighted by Gasteiger charge is -2.22. The van der Waals surface area contributed by atoms with Crippen LogP contribution in [0.5, 0.6) is 0 Å². The lowest BCUT2D eigenvalue weighted by atomic mass is 10.0. The van der Waals surface area contributed by atoms with Crippen molar-refractivity contribution in [2.24, 2.45) is 0 Å². The first-order valence-electron chi connectivity index (χ1n) is 6.82. The molecule has 1 amide bonds. The maximum absolute atomic E-state index is 12.2. The number of carbonyl (C=O) groups is 1. The van der Waals surface area contributed by atoms with Crippen LogP contribution in [0.2, 0.25) is 0 Å². The van der Waals surface area contributed by atoms with E-state index in [1.165, 1.54) is 0 Å². The first-order valence-corrected chi connectivity index (χ1v) is 6.82. The van der Waals surface area contributed by atoms with Crippen molar-refractivity contribution in [2.75, 3.05) is 11.9 Å². The van der Waals surface area contributed by atoms with Gasteiger partial charge in [-0.1, -0.05) is 12.5 Å². The molecule has 6 nitrogen and oxygen atoms in total. The van der Waals surface area contributed by atoms with E-state index in [4.69, 9.17) is 0 Å². The van der Waals surface area contributed by atoms with E-state index in [1.54, 1.807) is 17.2 Å². The number of rotatable bonds is 3. The second-order valence-corrected chi connectivity index (χ2v) is 4.91. The smallest absolute Gasteiger partial charge is 0.241 e. The van der Waals surface area contributed by atoms with Crippen molar-refractivity contribution in [3.8, 4) is 5.69 Å². The van der Waals surface area contributed by atoms with Gasteiger partial charge in [0.05, 0.1) is 11.7 Å². The zero-order valence-corrected chi connectivity index (χ0v) is 11.1. The van der Waals surface area contributed by atoms with Gasteiger partial charge in [0.15, 0.2) is 0 Å². The quantitative estimate of drug-likeness (QED) is 0.884. The molecule has 1 atom stereocenters. The van der Waals surface area contributed by atoms with E-state index in [-0.39, 0.29) is 11.9 Å². The van der Waals surface area contributed by atoms with Crippen LogP contribution in [-0.4, -0.2) is 33.3 Å². The van der Waals surface area contributed by atoms with Crippen molar-refractivity contribution in [3.05, 3.63) is 36.9 Å². The molecule has 1 aromatic heterocycles. The Morgan fingerprint density at radius 3 is 2.90 bits per heavy atom. The molecule has 0 spiro atoms. The summed E-state index contributed by atoms with van der Waals surface area (Å²) in [6.07, 6.45) is 6.41. The summed E-state index contributed by atoms with van der Waals surface area (Å²) >= 11 is 0. The summed E-state index contributed by atoms with van der Waals surface area (Å²) in [4.78, 5) is 12.2. The molecule has 0 bridgehead atoms. The Bertz CT molecular complexity index is 575. The van der Waals surface area contributed by atoms with Gasteiger partial charge >= 0.3 is 0 Å². The lowest BCUT2D eigenvalue weighted by molar-refractivity contribution is -0.118. The number of hydrogen-bond acceptors (Lipinski definition) is 4. The first kappa shape index (κ1) is 12.8. The third-order valence-corrected chi connectivity index (χ3v) is 3.46. The standard InChI is InChI=1S/C14H17N5O/c20-14(13-6-1-2-7-15-13)18-11-4-3-5-12(8-11)19-9-16-17-10-19/h3-5,8-10,13,15H,1-2,6-7H2,(H,18,20). The molecule has 1 saturated heterocycles. The van der Waals surface area contributed by atoms with Gasteiger partial charge in [-0.25, -0.2) is 0 Å². The number of carbonyl (C=O) groups excluding carboxylic acids is 1. The minimum absolute atomic E-state index is 0.0330. The molecule has 0 aliphatic carbocycles. The summed E-state index contributed by atoms with van der Waals surface area (Å²) in [5.74, 6) is 0.0330. The maximum atomic E-state index is 12.2. The molecule has 0 saturated carbocycles. The number of aromatic nitrogens is 3. The predicted molar refractivity (Wildman–Crippen MR) is 75.6 cm³/mol. The number of anilines is 1. The van der Waals surface area contributed by atoms with Crippen LogP contribution < -0.4 is 10.6 Å². The molecule has 1 fully saturated rings. The van der Waals surface area contributed by atoms with Gasteiger partial charge in [-0.15, -0.1) is 10.2 Å². The second kappa shape index (κ2) is 5.83. The van der Waals surface area contributed by atoms with Crippen molar-refractivity contribution < 1.29 is 4.79 Å². The van der Waals surface area contributed by atoms with Gasteiger partial charge in [-0.3, -0.25) is 9.36 Å². The third kappa shape index (κ3) is 2.85. The van der Waals surface area contributed by atoms with E-state index < -0.39 is 0 Å². The lowest BCUT2D eigenvalue weighted by Crippen LogP contribution is -2.43. The molecule has 2 N–H and O–H groups in total. The van der Waals surface area contributed by atoms with Crippen LogP contribution in [0.3, 0.4) is 0 Å². The predicted octanol–water partition coefficient (Wildman–Crippen LogP) is 1.35. The highest BCUT2D eigenvalue weighted by Crippen LogP contribution is 2.15. The first-order chi connectivity index (χ1) is 9.83. The van der Waals surface area contributed by atoms with Gasteiger partial charge in [-0.2, -0.15) is 0 Å². The Morgan fingerprint density at radius 1 is 1.30 bits per heavy atom. The van der Waals surface area contributed by atoms with E-state index in [0.717, 1.165) is 37.2 Å². The van der Waals surface area contributed by atoms with E-state index >= 15 is 0 Å². The van der Waals surface area contributed by atoms with E-state index in [0.29, 0.717) is 0 Å². The number of nitrogens with one attached hydrogen (secondary N) is 2. The summed E-state index contributed by atoms with van der Waals surface area (Å²) in [7, 11) is 0. The highest BCUT2D eigenvalue weighted by Gasteiger charge is 2.20. The fraction of sp³-hybridized carbons (Fsp3) is 0.357. The van der Waals surface area contributed by atoms with Gasteiger partial charge in [0, 0.05) is 5.69 Å². The molecule has 20 heavy (non-hydrogen) atoms. The summed E-state index contributed by atoms with van der Waals surface area (Å²) in [6.45, 7) is 0.916. The Kier molecular flexibility index (Phi) is 3.73. The van der Waals surface area contributed by atoms with Gasteiger partial charge < -0.3 is 10.6 Å². The van der Waals surface area contributed by atoms with Crippen LogP contribution in [0.25, 0.3) is 5.69 Å². The average molecular weight is 271 g/mol. The summed E-state index contributed by atoms with van der Waals surface area (Å²) in [5.41, 5.74) is 1.71. The largest absolute Gasteiger partial charge is 0.325 e. The Hall–Kier alpha value is -2.21. The molecule has 3 rings (SSSR count). The van der Waals surface area contributed by atoms with Crippen molar-refractivity contribution in [1.29, 1.82) is 0 Å². The Labute approximate surface area is 117 Å². The molecule has 104 valence electrons. The minimum atomic E-state index is -0.0812. The van der Waals surface area contributed by atoms with E-state index in [1.807, 2.05) is 24.3 Å². The summed E-state index contributed by atoms with van der Waals surface area (Å²) in [6, 6.07) is 7.55. The van der Waals surface area contributed by atoms with Crippen LogP contribution in [0, 0.1) is 0 Å². The van der Waals surface area contributed by atoms with Gasteiger partial charge in [0.25, 0.3) is 0 Å². The molecule has 1 aromatic carbocycles. The molecule has 1 aliphatic rings. The Morgan fingerprint density at radius 2 is 2.15 bits per heavy atom. The van der Waals surface area contributed by atoms with Crippen molar-refractivity contribution >= 4 is 11.6 Å². The van der Waals surface area contributed by atoms with Crippen molar-refractivity contribution in [2.45, 2.75) is 25.3 Å². The topological polar surface area (TPSA) is 71.8 Å². The molecular weight excluding hydrogens is 254 g/mol. The highest BCUT2D eigenvalue weighted by molar-refractivity contribution is 5.95. The third-order valence-electron chi connectivity index (χ3n) is 3.46. The number of piperidine rings is 1. The maximum Gasteiger partial charge on any atom is 0.241 e. The number of benzene rings is 1. The second-order valence-electron chi connectivity index (χ2n) is 4.91. The molecule has 2 aromatic rings.